The molecule has 0 amide bonds. The van der Waals surface area contributed by atoms with Gasteiger partial charge in [0.25, 0.3) is 0 Å². The van der Waals surface area contributed by atoms with Crippen LogP contribution < -0.4 is 0 Å². The molecule has 0 aliphatic carbocycles. The zero-order valence-electron chi connectivity index (χ0n) is 5.55. The number of hydrogen-bond donors (Lipinski definition) is 2. The molecule has 0 spiro atoms. The van der Waals surface area contributed by atoms with Gasteiger partial charge in [0.15, 0.2) is 0 Å². The van der Waals surface area contributed by atoms with Crippen molar-refractivity contribution in [2.75, 3.05) is 25.6 Å². The van der Waals surface area contributed by atoms with Gasteiger partial charge in [-0.25, -0.2) is 0 Å². The molecule has 0 aromatic heterocycles. The molecule has 1 N–H and O–H groups in total. The summed E-state index contributed by atoms with van der Waals surface area (Å²) in [7, 11) is 0. The van der Waals surface area contributed by atoms with Crippen LogP contribution in [0, 0.1) is 0 Å². The Bertz CT molecular complexity index is 44.3. The predicted octanol–water partition coefficient (Wildman–Crippen LogP) is 0.705. The Hall–Kier alpha value is 0.270. The van der Waals surface area contributed by atoms with Gasteiger partial charge in [-0.05, 0) is 18.6 Å². The van der Waals surface area contributed by atoms with Gasteiger partial charge in [-0.15, -0.1) is 0 Å². The average Bonchev–Trinajstić information content (AvgIpc) is 1.89. The molecule has 0 aliphatic rings. The maximum atomic E-state index is 8.28. The zero-order valence-corrected chi connectivity index (χ0v) is 6.44. The number of rotatable bonds is 6. The SMILES string of the molecule is OCCOCCCCS. The van der Waals surface area contributed by atoms with E-state index >= 15 is 0 Å². The first-order valence-corrected chi connectivity index (χ1v) is 3.84. The van der Waals surface area contributed by atoms with Crippen molar-refractivity contribution in [2.45, 2.75) is 12.8 Å². The van der Waals surface area contributed by atoms with Gasteiger partial charge < -0.3 is 9.84 Å². The predicted molar refractivity (Wildman–Crippen MR) is 41.0 cm³/mol. The van der Waals surface area contributed by atoms with Crippen LogP contribution in [0.4, 0.5) is 0 Å². The van der Waals surface area contributed by atoms with E-state index in [9.17, 15) is 0 Å². The van der Waals surface area contributed by atoms with Crippen molar-refractivity contribution in [3.8, 4) is 0 Å². The molecule has 0 atom stereocenters. The summed E-state index contributed by atoms with van der Waals surface area (Å²) in [6, 6.07) is 0. The molecule has 0 aromatic carbocycles. The van der Waals surface area contributed by atoms with Crippen LogP contribution >= 0.6 is 12.6 Å². The van der Waals surface area contributed by atoms with E-state index in [0.717, 1.165) is 25.2 Å². The first kappa shape index (κ1) is 9.27. The molecule has 2 nitrogen and oxygen atoms in total. The summed E-state index contributed by atoms with van der Waals surface area (Å²) >= 11 is 4.04. The Morgan fingerprint density at radius 2 is 2.00 bits per heavy atom. The lowest BCUT2D eigenvalue weighted by atomic mass is 10.4. The van der Waals surface area contributed by atoms with Crippen LogP contribution in [-0.2, 0) is 4.74 Å². The monoisotopic (exact) mass is 150 g/mol. The number of hydrogen-bond acceptors (Lipinski definition) is 3. The Balaban J connectivity index is 2.60. The zero-order chi connectivity index (χ0) is 6.95. The van der Waals surface area contributed by atoms with Gasteiger partial charge in [0, 0.05) is 6.61 Å². The molecule has 0 aromatic rings. The van der Waals surface area contributed by atoms with Gasteiger partial charge in [0.1, 0.15) is 0 Å². The highest BCUT2D eigenvalue weighted by Gasteiger charge is 1.85. The van der Waals surface area contributed by atoms with Crippen LogP contribution in [0.2, 0.25) is 0 Å². The molecule has 56 valence electrons. The van der Waals surface area contributed by atoms with E-state index in [0.29, 0.717) is 6.61 Å². The van der Waals surface area contributed by atoms with Crippen molar-refractivity contribution in [1.29, 1.82) is 0 Å². The van der Waals surface area contributed by atoms with Gasteiger partial charge in [-0.3, -0.25) is 0 Å². The highest BCUT2D eigenvalue weighted by molar-refractivity contribution is 7.80. The summed E-state index contributed by atoms with van der Waals surface area (Å²) in [5.41, 5.74) is 0. The normalized spacial score (nSPS) is 10.0. The number of ether oxygens (including phenoxy) is 1. The molecule has 0 radical (unpaired) electrons. The van der Waals surface area contributed by atoms with E-state index in [1.807, 2.05) is 0 Å². The summed E-state index contributed by atoms with van der Waals surface area (Å²) in [6.07, 6.45) is 2.14. The Labute approximate surface area is 61.6 Å². The van der Waals surface area contributed by atoms with Crippen molar-refractivity contribution in [3.05, 3.63) is 0 Å². The highest BCUT2D eigenvalue weighted by atomic mass is 32.1. The van der Waals surface area contributed by atoms with Crippen LogP contribution in [0.5, 0.6) is 0 Å². The maximum absolute atomic E-state index is 8.28. The molecule has 3 heteroatoms. The molecular formula is C6H14O2S. The quantitative estimate of drug-likeness (QED) is 0.431. The fourth-order valence-electron chi connectivity index (χ4n) is 0.483. The lowest BCUT2D eigenvalue weighted by Gasteiger charge is -1.98. The van der Waals surface area contributed by atoms with E-state index in [1.165, 1.54) is 0 Å². The summed E-state index contributed by atoms with van der Waals surface area (Å²) < 4.78 is 5.00. The summed E-state index contributed by atoms with van der Waals surface area (Å²) in [4.78, 5) is 0. The van der Waals surface area contributed by atoms with Crippen molar-refractivity contribution in [3.63, 3.8) is 0 Å². The van der Waals surface area contributed by atoms with Gasteiger partial charge >= 0.3 is 0 Å². The molecule has 9 heavy (non-hydrogen) atoms. The van der Waals surface area contributed by atoms with Crippen LogP contribution in [-0.4, -0.2) is 30.7 Å². The van der Waals surface area contributed by atoms with Gasteiger partial charge in [-0.1, -0.05) is 0 Å². The van der Waals surface area contributed by atoms with E-state index in [4.69, 9.17) is 9.84 Å². The molecule has 0 bridgehead atoms. The van der Waals surface area contributed by atoms with Crippen molar-refractivity contribution >= 4 is 12.6 Å². The third kappa shape index (κ3) is 8.27. The van der Waals surface area contributed by atoms with Crippen LogP contribution in [0.1, 0.15) is 12.8 Å². The molecule has 0 aliphatic heterocycles. The fourth-order valence-corrected chi connectivity index (χ4v) is 0.706. The number of thiol groups is 1. The van der Waals surface area contributed by atoms with Gasteiger partial charge in [-0.2, -0.15) is 12.6 Å². The third-order valence-electron chi connectivity index (χ3n) is 0.932. The molecule has 0 saturated carbocycles. The number of aliphatic hydroxyl groups excluding tert-OH is 1. The fraction of sp³-hybridized carbons (Fsp3) is 1.00. The van der Waals surface area contributed by atoms with E-state index < -0.39 is 0 Å². The minimum absolute atomic E-state index is 0.126. The first-order chi connectivity index (χ1) is 4.41. The highest BCUT2D eigenvalue weighted by Crippen LogP contribution is 1.91. The third-order valence-corrected chi connectivity index (χ3v) is 1.25. The largest absolute Gasteiger partial charge is 0.394 e. The molecule has 0 heterocycles. The second kappa shape index (κ2) is 8.27. The maximum Gasteiger partial charge on any atom is 0.0697 e. The summed E-state index contributed by atoms with van der Waals surface area (Å²) in [5, 5.41) is 8.28. The molecule has 0 fully saturated rings. The van der Waals surface area contributed by atoms with E-state index in [1.54, 1.807) is 0 Å². The summed E-state index contributed by atoms with van der Waals surface area (Å²) in [5.74, 6) is 0.919. The lowest BCUT2D eigenvalue weighted by Crippen LogP contribution is -2.00. The minimum Gasteiger partial charge on any atom is -0.394 e. The van der Waals surface area contributed by atoms with Crippen LogP contribution in [0.15, 0.2) is 0 Å². The van der Waals surface area contributed by atoms with Crippen molar-refractivity contribution < 1.29 is 9.84 Å². The van der Waals surface area contributed by atoms with Gasteiger partial charge in [0.2, 0.25) is 0 Å². The van der Waals surface area contributed by atoms with Crippen LogP contribution in [0.3, 0.4) is 0 Å². The molecule has 0 rings (SSSR count). The second-order valence-electron chi connectivity index (χ2n) is 1.77. The number of aliphatic hydroxyl groups is 1. The van der Waals surface area contributed by atoms with Gasteiger partial charge in [0.05, 0.1) is 13.2 Å². The Kier molecular flexibility index (Phi) is 8.52. The Morgan fingerprint density at radius 1 is 1.22 bits per heavy atom. The molecule has 0 saturated heterocycles. The standard InChI is InChI=1S/C6H14O2S/c7-3-5-8-4-1-2-6-9/h7,9H,1-6H2. The van der Waals surface area contributed by atoms with Crippen LogP contribution in [0.25, 0.3) is 0 Å². The lowest BCUT2D eigenvalue weighted by molar-refractivity contribution is 0.0906. The van der Waals surface area contributed by atoms with Crippen molar-refractivity contribution in [1.82, 2.24) is 0 Å². The van der Waals surface area contributed by atoms with Crippen molar-refractivity contribution in [2.24, 2.45) is 0 Å². The summed E-state index contributed by atoms with van der Waals surface area (Å²) in [6.45, 7) is 1.34. The first-order valence-electron chi connectivity index (χ1n) is 3.21. The molecular weight excluding hydrogens is 136 g/mol. The smallest absolute Gasteiger partial charge is 0.0697 e. The molecule has 0 unspecified atom stereocenters. The minimum atomic E-state index is 0.126. The second-order valence-corrected chi connectivity index (χ2v) is 2.21. The number of unbranched alkanes of at least 4 members (excludes halogenated alkanes) is 1. The van der Waals surface area contributed by atoms with E-state index in [2.05, 4.69) is 12.6 Å². The topological polar surface area (TPSA) is 29.5 Å². The Morgan fingerprint density at radius 3 is 2.56 bits per heavy atom. The van der Waals surface area contributed by atoms with E-state index in [-0.39, 0.29) is 6.61 Å². The average molecular weight is 150 g/mol.